The quantitative estimate of drug-likeness (QED) is 0.601. The minimum Gasteiger partial charge on any atom is -0.361 e. The van der Waals surface area contributed by atoms with E-state index in [9.17, 15) is 4.79 Å². The Morgan fingerprint density at radius 1 is 1.26 bits per heavy atom. The average molecular weight is 322 g/mol. The number of amides is 1. The number of carbonyl (C=O) groups excluding carboxylic acids is 1. The van der Waals surface area contributed by atoms with Crippen molar-refractivity contribution in [3.8, 4) is 10.6 Å². The molecule has 0 saturated heterocycles. The van der Waals surface area contributed by atoms with Crippen molar-refractivity contribution in [1.29, 1.82) is 0 Å². The van der Waals surface area contributed by atoms with Gasteiger partial charge in [-0.3, -0.25) is 9.48 Å². The van der Waals surface area contributed by atoms with Crippen LogP contribution in [0.3, 0.4) is 0 Å². The molecule has 2 N–H and O–H groups in total. The first-order valence-electron chi connectivity index (χ1n) is 7.17. The van der Waals surface area contributed by atoms with Gasteiger partial charge in [-0.2, -0.15) is 5.10 Å². The number of fused-ring (bicyclic) bond motifs is 1. The van der Waals surface area contributed by atoms with Gasteiger partial charge in [0.15, 0.2) is 0 Å². The molecule has 0 fully saturated rings. The second kappa shape index (κ2) is 5.40. The Balaban J connectivity index is 1.61. The summed E-state index contributed by atoms with van der Waals surface area (Å²) in [6.45, 7) is 0. The SMILES string of the molecule is Cn1nc(-c2cccs2)cc1C(=O)Nc1ccc2cc[nH]c2c1. The predicted octanol–water partition coefficient (Wildman–Crippen LogP) is 3.88. The van der Waals surface area contributed by atoms with Crippen molar-refractivity contribution in [2.24, 2.45) is 7.05 Å². The molecule has 0 bridgehead atoms. The molecule has 23 heavy (non-hydrogen) atoms. The van der Waals surface area contributed by atoms with Gasteiger partial charge < -0.3 is 10.3 Å². The van der Waals surface area contributed by atoms with Crippen LogP contribution in [0.15, 0.2) is 54.0 Å². The van der Waals surface area contributed by atoms with Gasteiger partial charge in [-0.1, -0.05) is 12.1 Å². The maximum absolute atomic E-state index is 12.5. The summed E-state index contributed by atoms with van der Waals surface area (Å²) < 4.78 is 1.61. The number of carbonyl (C=O) groups is 1. The Morgan fingerprint density at radius 3 is 3.00 bits per heavy atom. The highest BCUT2D eigenvalue weighted by atomic mass is 32.1. The van der Waals surface area contributed by atoms with Crippen molar-refractivity contribution >= 4 is 33.8 Å². The first kappa shape index (κ1) is 13.8. The Kier molecular flexibility index (Phi) is 3.24. The van der Waals surface area contributed by atoms with E-state index in [1.807, 2.05) is 54.0 Å². The van der Waals surface area contributed by atoms with Crippen LogP contribution in [0.4, 0.5) is 5.69 Å². The molecule has 0 aliphatic heterocycles. The topological polar surface area (TPSA) is 62.7 Å². The molecular formula is C17H14N4OS. The van der Waals surface area contributed by atoms with Crippen LogP contribution in [0.1, 0.15) is 10.5 Å². The summed E-state index contributed by atoms with van der Waals surface area (Å²) in [5, 5.41) is 10.5. The van der Waals surface area contributed by atoms with Crippen molar-refractivity contribution in [3.63, 3.8) is 0 Å². The molecule has 0 aliphatic rings. The lowest BCUT2D eigenvalue weighted by atomic mass is 10.2. The highest BCUT2D eigenvalue weighted by Crippen LogP contribution is 2.24. The van der Waals surface area contributed by atoms with E-state index < -0.39 is 0 Å². The molecule has 0 saturated carbocycles. The number of thiophene rings is 1. The first-order valence-corrected chi connectivity index (χ1v) is 8.05. The molecule has 4 rings (SSSR count). The van der Waals surface area contributed by atoms with Crippen LogP contribution in [-0.4, -0.2) is 20.7 Å². The summed E-state index contributed by atoms with van der Waals surface area (Å²) >= 11 is 1.60. The lowest BCUT2D eigenvalue weighted by Gasteiger charge is -2.05. The highest BCUT2D eigenvalue weighted by molar-refractivity contribution is 7.13. The predicted molar refractivity (Wildman–Crippen MR) is 92.8 cm³/mol. The van der Waals surface area contributed by atoms with E-state index in [0.717, 1.165) is 27.2 Å². The molecule has 6 heteroatoms. The molecule has 0 atom stereocenters. The number of nitrogens with one attached hydrogen (secondary N) is 2. The summed E-state index contributed by atoms with van der Waals surface area (Å²) in [5.41, 5.74) is 3.09. The number of hydrogen-bond acceptors (Lipinski definition) is 3. The summed E-state index contributed by atoms with van der Waals surface area (Å²) in [6, 6.07) is 13.6. The molecule has 0 spiro atoms. The fourth-order valence-electron chi connectivity index (χ4n) is 2.55. The fourth-order valence-corrected chi connectivity index (χ4v) is 3.23. The molecule has 0 aliphatic carbocycles. The van der Waals surface area contributed by atoms with Crippen LogP contribution < -0.4 is 5.32 Å². The van der Waals surface area contributed by atoms with Crippen LogP contribution >= 0.6 is 11.3 Å². The van der Waals surface area contributed by atoms with Crippen molar-refractivity contribution in [2.75, 3.05) is 5.32 Å². The minimum atomic E-state index is -0.172. The normalized spacial score (nSPS) is 11.0. The molecule has 3 heterocycles. The number of H-pyrrole nitrogens is 1. The number of nitrogens with zero attached hydrogens (tertiary/aromatic N) is 2. The van der Waals surface area contributed by atoms with Gasteiger partial charge in [-0.15, -0.1) is 11.3 Å². The number of aryl methyl sites for hydroxylation is 1. The van der Waals surface area contributed by atoms with Crippen molar-refractivity contribution in [3.05, 3.63) is 59.7 Å². The zero-order valence-electron chi connectivity index (χ0n) is 12.4. The summed E-state index contributed by atoms with van der Waals surface area (Å²) in [7, 11) is 1.78. The molecular weight excluding hydrogens is 308 g/mol. The number of hydrogen-bond donors (Lipinski definition) is 2. The van der Waals surface area contributed by atoms with E-state index in [0.29, 0.717) is 5.69 Å². The van der Waals surface area contributed by atoms with Gasteiger partial charge in [0.2, 0.25) is 0 Å². The Morgan fingerprint density at radius 2 is 2.17 bits per heavy atom. The molecule has 3 aromatic heterocycles. The monoisotopic (exact) mass is 322 g/mol. The number of rotatable bonds is 3. The second-order valence-electron chi connectivity index (χ2n) is 5.25. The third-order valence-electron chi connectivity index (χ3n) is 3.70. The van der Waals surface area contributed by atoms with Gasteiger partial charge in [-0.05, 0) is 41.1 Å². The van der Waals surface area contributed by atoms with Crippen molar-refractivity contribution < 1.29 is 4.79 Å². The third-order valence-corrected chi connectivity index (χ3v) is 4.59. The van der Waals surface area contributed by atoms with E-state index in [1.165, 1.54) is 0 Å². The lowest BCUT2D eigenvalue weighted by molar-refractivity contribution is 0.101. The maximum atomic E-state index is 12.5. The summed E-state index contributed by atoms with van der Waals surface area (Å²) in [4.78, 5) is 16.7. The first-order chi connectivity index (χ1) is 11.2. The fraction of sp³-hybridized carbons (Fsp3) is 0.0588. The van der Waals surface area contributed by atoms with Crippen molar-refractivity contribution in [1.82, 2.24) is 14.8 Å². The molecule has 0 unspecified atom stereocenters. The van der Waals surface area contributed by atoms with Crippen molar-refractivity contribution in [2.45, 2.75) is 0 Å². The zero-order chi connectivity index (χ0) is 15.8. The smallest absolute Gasteiger partial charge is 0.273 e. The van der Waals surface area contributed by atoms with E-state index in [-0.39, 0.29) is 5.91 Å². The van der Waals surface area contributed by atoms with Gasteiger partial charge in [0.05, 0.1) is 4.88 Å². The van der Waals surface area contributed by atoms with Crippen LogP contribution in [0, 0.1) is 0 Å². The number of aromatic amines is 1. The Labute approximate surface area is 136 Å². The van der Waals surface area contributed by atoms with E-state index in [1.54, 1.807) is 23.1 Å². The summed E-state index contributed by atoms with van der Waals surface area (Å²) in [5.74, 6) is -0.172. The molecule has 114 valence electrons. The van der Waals surface area contributed by atoms with Crippen LogP contribution in [0.25, 0.3) is 21.5 Å². The Bertz CT molecular complexity index is 981. The number of anilines is 1. The zero-order valence-corrected chi connectivity index (χ0v) is 13.2. The van der Waals surface area contributed by atoms with Gasteiger partial charge in [-0.25, -0.2) is 0 Å². The highest BCUT2D eigenvalue weighted by Gasteiger charge is 2.15. The van der Waals surface area contributed by atoms with Gasteiger partial charge in [0, 0.05) is 24.4 Å². The number of aromatic nitrogens is 3. The molecule has 0 radical (unpaired) electrons. The molecule has 5 nitrogen and oxygen atoms in total. The van der Waals surface area contributed by atoms with E-state index in [4.69, 9.17) is 0 Å². The maximum Gasteiger partial charge on any atom is 0.273 e. The van der Waals surface area contributed by atoms with E-state index in [2.05, 4.69) is 15.4 Å². The second-order valence-corrected chi connectivity index (χ2v) is 6.20. The molecule has 4 aromatic rings. The largest absolute Gasteiger partial charge is 0.361 e. The van der Waals surface area contributed by atoms with Crippen LogP contribution in [-0.2, 0) is 7.05 Å². The minimum absolute atomic E-state index is 0.172. The van der Waals surface area contributed by atoms with Gasteiger partial charge in [0.25, 0.3) is 5.91 Å². The summed E-state index contributed by atoms with van der Waals surface area (Å²) in [6.07, 6.45) is 1.88. The van der Waals surface area contributed by atoms with Gasteiger partial charge >= 0.3 is 0 Å². The standard InChI is InChI=1S/C17H14N4OS/c1-21-15(10-14(20-21)16-3-2-8-23-16)17(22)19-12-5-4-11-6-7-18-13(11)9-12/h2-10,18H,1H3,(H,19,22). The Hall–Kier alpha value is -2.86. The van der Waals surface area contributed by atoms with Crippen LogP contribution in [0.2, 0.25) is 0 Å². The van der Waals surface area contributed by atoms with Gasteiger partial charge in [0.1, 0.15) is 11.4 Å². The average Bonchev–Trinajstić information content (AvgIpc) is 3.26. The third kappa shape index (κ3) is 2.53. The lowest BCUT2D eigenvalue weighted by Crippen LogP contribution is -2.15. The molecule has 1 amide bonds. The number of benzene rings is 1. The molecule has 1 aromatic carbocycles. The van der Waals surface area contributed by atoms with E-state index >= 15 is 0 Å². The van der Waals surface area contributed by atoms with Crippen LogP contribution in [0.5, 0.6) is 0 Å².